The molecule has 1 aliphatic heterocycles. The third-order valence-electron chi connectivity index (χ3n) is 5.89. The van der Waals surface area contributed by atoms with E-state index >= 15 is 0 Å². The summed E-state index contributed by atoms with van der Waals surface area (Å²) in [6.45, 7) is 1.72. The van der Waals surface area contributed by atoms with Crippen molar-refractivity contribution in [3.05, 3.63) is 83.9 Å². The molecule has 3 aromatic carbocycles. The van der Waals surface area contributed by atoms with Crippen LogP contribution in [0.15, 0.2) is 72.8 Å². The molecular formula is C28H28N2O6. The van der Waals surface area contributed by atoms with Gasteiger partial charge in [-0.3, -0.25) is 19.3 Å². The number of amides is 2. The highest BCUT2D eigenvalue weighted by Gasteiger charge is 2.33. The van der Waals surface area contributed by atoms with E-state index in [1.807, 2.05) is 30.3 Å². The van der Waals surface area contributed by atoms with Crippen molar-refractivity contribution < 1.29 is 28.6 Å². The van der Waals surface area contributed by atoms with Crippen molar-refractivity contribution in [2.45, 2.75) is 19.4 Å². The molecule has 1 atom stereocenters. The summed E-state index contributed by atoms with van der Waals surface area (Å²) >= 11 is 0. The maximum atomic E-state index is 12.9. The van der Waals surface area contributed by atoms with Gasteiger partial charge in [-0.1, -0.05) is 36.4 Å². The minimum absolute atomic E-state index is 0.180. The molecule has 0 spiro atoms. The van der Waals surface area contributed by atoms with E-state index < -0.39 is 6.04 Å². The summed E-state index contributed by atoms with van der Waals surface area (Å²) in [6.07, 6.45) is 0.679. The lowest BCUT2D eigenvalue weighted by Crippen LogP contribution is -2.51. The molecule has 1 N–H and O–H groups in total. The van der Waals surface area contributed by atoms with Gasteiger partial charge in [0, 0.05) is 18.2 Å². The van der Waals surface area contributed by atoms with Crippen LogP contribution in [0.4, 0.5) is 5.69 Å². The first kappa shape index (κ1) is 24.8. The molecule has 36 heavy (non-hydrogen) atoms. The number of carbonyl (C=O) groups excluding carboxylic acids is 3. The van der Waals surface area contributed by atoms with Crippen molar-refractivity contribution in [3.8, 4) is 17.2 Å². The summed E-state index contributed by atoms with van der Waals surface area (Å²) in [5.41, 5.74) is 1.83. The number of ketones is 1. The Morgan fingerprint density at radius 1 is 1.03 bits per heavy atom. The lowest BCUT2D eigenvalue weighted by molar-refractivity contribution is -0.127. The highest BCUT2D eigenvalue weighted by Crippen LogP contribution is 2.34. The van der Waals surface area contributed by atoms with E-state index in [2.05, 4.69) is 5.32 Å². The molecule has 1 aliphatic rings. The average molecular weight is 489 g/mol. The largest absolute Gasteiger partial charge is 0.497 e. The summed E-state index contributed by atoms with van der Waals surface area (Å²) in [6, 6.07) is 20.8. The van der Waals surface area contributed by atoms with Crippen LogP contribution in [-0.4, -0.2) is 50.5 Å². The normalized spacial score (nSPS) is 13.3. The fourth-order valence-electron chi connectivity index (χ4n) is 3.93. The molecule has 0 aliphatic carbocycles. The Kier molecular flexibility index (Phi) is 7.85. The number of nitrogens with zero attached hydrogens (tertiary/aromatic N) is 1. The maximum absolute atomic E-state index is 12.9. The average Bonchev–Trinajstić information content (AvgIpc) is 2.91. The zero-order chi connectivity index (χ0) is 25.5. The number of ether oxygens (including phenoxy) is 3. The van der Waals surface area contributed by atoms with Gasteiger partial charge in [-0.15, -0.1) is 0 Å². The van der Waals surface area contributed by atoms with Crippen LogP contribution in [0.2, 0.25) is 0 Å². The number of nitrogens with one attached hydrogen (secondary N) is 1. The van der Waals surface area contributed by atoms with E-state index in [0.29, 0.717) is 41.5 Å². The molecule has 1 heterocycles. The molecule has 0 fully saturated rings. The summed E-state index contributed by atoms with van der Waals surface area (Å²) in [4.78, 5) is 39.9. The van der Waals surface area contributed by atoms with Crippen LogP contribution < -0.4 is 24.4 Å². The monoisotopic (exact) mass is 488 g/mol. The van der Waals surface area contributed by atoms with E-state index in [0.717, 1.165) is 5.56 Å². The highest BCUT2D eigenvalue weighted by atomic mass is 16.5. The topological polar surface area (TPSA) is 94.2 Å². The van der Waals surface area contributed by atoms with Gasteiger partial charge < -0.3 is 19.5 Å². The molecule has 0 unspecified atom stereocenters. The van der Waals surface area contributed by atoms with E-state index in [1.54, 1.807) is 56.5 Å². The Balaban J connectivity index is 1.44. The Morgan fingerprint density at radius 3 is 2.58 bits per heavy atom. The number of carbonyl (C=O) groups is 3. The number of rotatable bonds is 10. The van der Waals surface area contributed by atoms with Crippen molar-refractivity contribution in [1.82, 2.24) is 5.32 Å². The molecule has 8 heteroatoms. The molecular weight excluding hydrogens is 460 g/mol. The Hall–Kier alpha value is -4.33. The second-order valence-electron chi connectivity index (χ2n) is 8.33. The third-order valence-corrected chi connectivity index (χ3v) is 5.89. The van der Waals surface area contributed by atoms with Gasteiger partial charge >= 0.3 is 0 Å². The molecule has 186 valence electrons. The number of fused-ring (bicyclic) bond motifs is 1. The van der Waals surface area contributed by atoms with Crippen molar-refractivity contribution in [3.63, 3.8) is 0 Å². The van der Waals surface area contributed by atoms with Crippen LogP contribution in [0, 0.1) is 0 Å². The van der Waals surface area contributed by atoms with Crippen molar-refractivity contribution >= 4 is 23.3 Å². The minimum atomic E-state index is -0.783. The molecule has 0 bridgehead atoms. The first-order valence-corrected chi connectivity index (χ1v) is 11.7. The van der Waals surface area contributed by atoms with E-state index in [4.69, 9.17) is 14.2 Å². The molecule has 8 nitrogen and oxygen atoms in total. The van der Waals surface area contributed by atoms with Crippen LogP contribution in [0.3, 0.4) is 0 Å². The SMILES string of the molecule is COc1cccc(OCC(=O)c2ccc3c(c2)N([C@H](C)C(=O)NCCc2ccccc2)C(=O)CO3)c1. The summed E-state index contributed by atoms with van der Waals surface area (Å²) in [5.74, 6) is 0.635. The Morgan fingerprint density at radius 2 is 1.81 bits per heavy atom. The number of anilines is 1. The van der Waals surface area contributed by atoms with Gasteiger partial charge in [0.25, 0.3) is 5.91 Å². The van der Waals surface area contributed by atoms with Gasteiger partial charge in [0.1, 0.15) is 23.3 Å². The van der Waals surface area contributed by atoms with Crippen molar-refractivity contribution in [2.24, 2.45) is 0 Å². The summed E-state index contributed by atoms with van der Waals surface area (Å²) in [7, 11) is 1.55. The Labute approximate surface area is 209 Å². The van der Waals surface area contributed by atoms with E-state index in [1.165, 1.54) is 4.90 Å². The van der Waals surface area contributed by atoms with E-state index in [-0.39, 0.29) is 30.8 Å². The van der Waals surface area contributed by atoms with E-state index in [9.17, 15) is 14.4 Å². The molecule has 0 aromatic heterocycles. The molecule has 0 saturated carbocycles. The number of methoxy groups -OCH3 is 1. The van der Waals surface area contributed by atoms with Crippen molar-refractivity contribution in [1.29, 1.82) is 0 Å². The number of hydrogen-bond donors (Lipinski definition) is 1. The highest BCUT2D eigenvalue weighted by molar-refractivity contribution is 6.05. The standard InChI is InChI=1S/C28H28N2O6/c1-19(28(33)29-14-13-20-7-4-3-5-8-20)30-24-15-21(11-12-26(24)36-18-27(30)32)25(31)17-35-23-10-6-9-22(16-23)34-2/h3-12,15-16,19H,13-14,17-18H2,1-2H3,(H,29,33)/t19-/m1/s1. The van der Waals surface area contributed by atoms with Gasteiger partial charge in [0.05, 0.1) is 12.8 Å². The van der Waals surface area contributed by atoms with Gasteiger partial charge in [0.15, 0.2) is 19.0 Å². The van der Waals surface area contributed by atoms with Gasteiger partial charge in [0.2, 0.25) is 5.91 Å². The first-order chi connectivity index (χ1) is 17.5. The second-order valence-corrected chi connectivity index (χ2v) is 8.33. The van der Waals surface area contributed by atoms with Crippen LogP contribution in [-0.2, 0) is 16.0 Å². The predicted molar refractivity (Wildman–Crippen MR) is 135 cm³/mol. The molecule has 2 amide bonds. The van der Waals surface area contributed by atoms with Crippen LogP contribution in [0.5, 0.6) is 17.2 Å². The summed E-state index contributed by atoms with van der Waals surface area (Å²) < 4.78 is 16.3. The van der Waals surface area contributed by atoms with Gasteiger partial charge in [-0.25, -0.2) is 0 Å². The smallest absolute Gasteiger partial charge is 0.265 e. The third kappa shape index (κ3) is 5.83. The molecule has 0 saturated heterocycles. The van der Waals surface area contributed by atoms with Crippen LogP contribution in [0.25, 0.3) is 0 Å². The van der Waals surface area contributed by atoms with Gasteiger partial charge in [-0.05, 0) is 49.2 Å². The zero-order valence-corrected chi connectivity index (χ0v) is 20.2. The molecule has 4 rings (SSSR count). The summed E-state index contributed by atoms with van der Waals surface area (Å²) in [5, 5.41) is 2.89. The lowest BCUT2D eigenvalue weighted by Gasteiger charge is -2.33. The first-order valence-electron chi connectivity index (χ1n) is 11.7. The predicted octanol–water partition coefficient (Wildman–Crippen LogP) is 3.43. The lowest BCUT2D eigenvalue weighted by atomic mass is 10.1. The fraction of sp³-hybridized carbons (Fsp3) is 0.250. The van der Waals surface area contributed by atoms with Crippen LogP contribution >= 0.6 is 0 Å². The van der Waals surface area contributed by atoms with Gasteiger partial charge in [-0.2, -0.15) is 0 Å². The maximum Gasteiger partial charge on any atom is 0.265 e. The van der Waals surface area contributed by atoms with Crippen LogP contribution in [0.1, 0.15) is 22.8 Å². The number of Topliss-reactive ketones (excluding diaryl/α,β-unsaturated/α-hetero) is 1. The Bertz CT molecular complexity index is 1240. The van der Waals surface area contributed by atoms with Crippen molar-refractivity contribution in [2.75, 3.05) is 31.8 Å². The molecule has 0 radical (unpaired) electrons. The minimum Gasteiger partial charge on any atom is -0.497 e. The quantitative estimate of drug-likeness (QED) is 0.440. The number of hydrogen-bond acceptors (Lipinski definition) is 6. The number of benzene rings is 3. The second kappa shape index (κ2) is 11.4. The molecule has 3 aromatic rings. The zero-order valence-electron chi connectivity index (χ0n) is 20.2. The fourth-order valence-corrected chi connectivity index (χ4v) is 3.93.